The number of carbonyl (C=O) groups is 5. The molecule has 0 bridgehead atoms. The lowest BCUT2D eigenvalue weighted by molar-refractivity contribution is -0.148. The lowest BCUT2D eigenvalue weighted by Crippen LogP contribution is -2.60. The molecule has 1 aromatic carbocycles. The van der Waals surface area contributed by atoms with E-state index in [4.69, 9.17) is 9.47 Å². The molecule has 15 nitrogen and oxygen atoms in total. The Morgan fingerprint density at radius 1 is 0.900 bits per heavy atom. The maximum Gasteiger partial charge on any atom is 0.326 e. The summed E-state index contributed by atoms with van der Waals surface area (Å²) in [6, 6.07) is 5.86. The van der Waals surface area contributed by atoms with E-state index >= 15 is 0 Å². The van der Waals surface area contributed by atoms with Crippen LogP contribution in [0.3, 0.4) is 0 Å². The van der Waals surface area contributed by atoms with Gasteiger partial charge >= 0.3 is 5.97 Å². The smallest absolute Gasteiger partial charge is 0.326 e. The van der Waals surface area contributed by atoms with Gasteiger partial charge in [0.1, 0.15) is 12.1 Å². The van der Waals surface area contributed by atoms with E-state index in [0.29, 0.717) is 25.8 Å². The Labute approximate surface area is 359 Å². The fourth-order valence-electron chi connectivity index (χ4n) is 9.02. The second kappa shape index (κ2) is 24.7. The fourth-order valence-corrected chi connectivity index (χ4v) is 9.02. The Kier molecular flexibility index (Phi) is 20.9. The van der Waals surface area contributed by atoms with Gasteiger partial charge in [-0.1, -0.05) is 85.2 Å². The van der Waals surface area contributed by atoms with Crippen molar-refractivity contribution in [2.24, 2.45) is 23.7 Å². The van der Waals surface area contributed by atoms with E-state index in [0.717, 1.165) is 44.8 Å². The van der Waals surface area contributed by atoms with Gasteiger partial charge in [0, 0.05) is 73.5 Å². The Morgan fingerprint density at radius 3 is 2.10 bits per heavy atom. The summed E-state index contributed by atoms with van der Waals surface area (Å²) in [4.78, 5) is 76.5. The van der Waals surface area contributed by atoms with Crippen LogP contribution in [0.15, 0.2) is 30.3 Å². The molecular formula is C45H77N7O8. The molecule has 60 heavy (non-hydrogen) atoms. The maximum atomic E-state index is 14.5. The maximum absolute atomic E-state index is 14.5. The SMILES string of the molecule is CC[C@H](C)[C@@H]([C@@H](CC(=O)N1CCCC1[C@H](OC)[C@@H](C)C(=O)NC(Cc1ccccc1)C(=O)O)OC)N(C)C(=O)C(NC(=O)C(C(C)C)N(C)CCN1CCNCC1)C(C)C. The minimum atomic E-state index is -1.14. The van der Waals surface area contributed by atoms with Crippen molar-refractivity contribution >= 4 is 29.6 Å². The highest BCUT2D eigenvalue weighted by atomic mass is 16.5. The van der Waals surface area contributed by atoms with Crippen molar-refractivity contribution in [2.45, 2.75) is 123 Å². The average Bonchev–Trinajstić information content (AvgIpc) is 3.71. The Balaban J connectivity index is 1.75. The molecule has 2 saturated heterocycles. The standard InChI is InChI=1S/C45H77N7O8/c1-12-31(6)40(50(9)44(56)38(29(2)3)48-43(55)39(30(4)5)49(8)25-26-51-23-20-46-21-24-51)36(59-10)28-37(53)52-22-16-19-35(52)41(60-11)32(7)42(54)47-34(45(57)58)27-33-17-14-13-15-18-33/h13-15,17-18,29-32,34-36,38-41,46H,12,16,19-28H2,1-11H3,(H,47,54)(H,48,55)(H,57,58)/t31-,32+,34?,35?,36+,38?,39?,40-,41+/m0/s1. The fraction of sp³-hybridized carbons (Fsp3) is 0.756. The highest BCUT2D eigenvalue weighted by Crippen LogP contribution is 2.30. The van der Waals surface area contributed by atoms with Crippen LogP contribution in [-0.2, 0) is 39.9 Å². The largest absolute Gasteiger partial charge is 0.480 e. The van der Waals surface area contributed by atoms with Gasteiger partial charge in [0.15, 0.2) is 0 Å². The van der Waals surface area contributed by atoms with E-state index in [2.05, 4.69) is 25.8 Å². The van der Waals surface area contributed by atoms with Crippen molar-refractivity contribution in [3.05, 3.63) is 35.9 Å². The van der Waals surface area contributed by atoms with E-state index in [1.54, 1.807) is 30.9 Å². The Morgan fingerprint density at radius 2 is 1.55 bits per heavy atom. The first-order valence-electron chi connectivity index (χ1n) is 22.1. The number of likely N-dealkylation sites (tertiary alicyclic amines) is 1. The van der Waals surface area contributed by atoms with Gasteiger partial charge in [0.2, 0.25) is 23.6 Å². The van der Waals surface area contributed by atoms with Crippen LogP contribution >= 0.6 is 0 Å². The number of carboxylic acid groups (broad SMARTS) is 1. The van der Waals surface area contributed by atoms with Crippen molar-refractivity contribution in [1.82, 2.24) is 35.6 Å². The summed E-state index contributed by atoms with van der Waals surface area (Å²) in [5.41, 5.74) is 0.786. The molecule has 15 heteroatoms. The zero-order chi connectivity index (χ0) is 44.7. The van der Waals surface area contributed by atoms with Crippen LogP contribution in [0.1, 0.15) is 79.7 Å². The molecule has 2 fully saturated rings. The van der Waals surface area contributed by atoms with Gasteiger partial charge in [0.05, 0.1) is 42.7 Å². The molecule has 0 spiro atoms. The molecule has 0 aliphatic carbocycles. The zero-order valence-corrected chi connectivity index (χ0v) is 38.3. The number of nitrogens with one attached hydrogen (secondary N) is 3. The quantitative estimate of drug-likeness (QED) is 0.121. The first-order chi connectivity index (χ1) is 28.5. The minimum absolute atomic E-state index is 0.0131. The number of likely N-dealkylation sites (N-methyl/N-ethyl adjacent to an activating group) is 2. The van der Waals surface area contributed by atoms with Gasteiger partial charge in [-0.05, 0) is 43.2 Å². The number of rotatable bonds is 24. The topological polar surface area (TPSA) is 173 Å². The second-order valence-electron chi connectivity index (χ2n) is 17.7. The molecule has 3 rings (SSSR count). The number of amides is 4. The van der Waals surface area contributed by atoms with Crippen LogP contribution in [0.5, 0.6) is 0 Å². The molecule has 9 atom stereocenters. The number of benzene rings is 1. The van der Waals surface area contributed by atoms with Gasteiger partial charge < -0.3 is 40.3 Å². The molecule has 1 aromatic rings. The lowest BCUT2D eigenvalue weighted by Gasteiger charge is -2.41. The highest BCUT2D eigenvalue weighted by molar-refractivity contribution is 5.90. The summed E-state index contributed by atoms with van der Waals surface area (Å²) in [5, 5.41) is 19.1. The molecule has 2 aliphatic rings. The van der Waals surface area contributed by atoms with Gasteiger partial charge in [-0.25, -0.2) is 4.79 Å². The summed E-state index contributed by atoms with van der Waals surface area (Å²) < 4.78 is 12.0. The molecule has 0 saturated carbocycles. The number of aliphatic carboxylic acids is 1. The number of carbonyl (C=O) groups excluding carboxylic acids is 4. The lowest BCUT2D eigenvalue weighted by atomic mass is 9.89. The minimum Gasteiger partial charge on any atom is -0.480 e. The predicted octanol–water partition coefficient (Wildman–Crippen LogP) is 2.72. The zero-order valence-electron chi connectivity index (χ0n) is 38.3. The van der Waals surface area contributed by atoms with Crippen molar-refractivity contribution in [1.29, 1.82) is 0 Å². The number of hydrogen-bond donors (Lipinski definition) is 4. The molecule has 2 heterocycles. The molecule has 0 aromatic heterocycles. The molecule has 4 unspecified atom stereocenters. The highest BCUT2D eigenvalue weighted by Gasteiger charge is 2.43. The summed E-state index contributed by atoms with van der Waals surface area (Å²) in [7, 11) is 6.77. The summed E-state index contributed by atoms with van der Waals surface area (Å²) in [6.07, 6.45) is 0.794. The Hall–Kier alpha value is -3.63. The van der Waals surface area contributed by atoms with Crippen molar-refractivity contribution < 1.29 is 38.6 Å². The van der Waals surface area contributed by atoms with Gasteiger partial charge in [-0.2, -0.15) is 0 Å². The summed E-state index contributed by atoms with van der Waals surface area (Å²) >= 11 is 0. The third kappa shape index (κ3) is 13.9. The number of methoxy groups -OCH3 is 2. The second-order valence-corrected chi connectivity index (χ2v) is 17.7. The van der Waals surface area contributed by atoms with Crippen LogP contribution in [0.2, 0.25) is 0 Å². The van der Waals surface area contributed by atoms with E-state index in [1.807, 2.05) is 78.9 Å². The first-order valence-corrected chi connectivity index (χ1v) is 22.1. The number of hydrogen-bond acceptors (Lipinski definition) is 10. The molecule has 340 valence electrons. The number of piperazine rings is 1. The third-order valence-electron chi connectivity index (χ3n) is 12.7. The van der Waals surface area contributed by atoms with Crippen molar-refractivity contribution in [2.75, 3.05) is 74.1 Å². The average molecular weight is 844 g/mol. The van der Waals surface area contributed by atoms with Gasteiger partial charge in [-0.3, -0.25) is 29.0 Å². The monoisotopic (exact) mass is 844 g/mol. The summed E-state index contributed by atoms with van der Waals surface area (Å²) in [6.45, 7) is 19.6. The summed E-state index contributed by atoms with van der Waals surface area (Å²) in [5.74, 6) is -3.21. The van der Waals surface area contributed by atoms with Crippen molar-refractivity contribution in [3.8, 4) is 0 Å². The van der Waals surface area contributed by atoms with E-state index in [-0.39, 0.29) is 48.3 Å². The van der Waals surface area contributed by atoms with Crippen molar-refractivity contribution in [3.63, 3.8) is 0 Å². The third-order valence-corrected chi connectivity index (χ3v) is 12.7. The van der Waals surface area contributed by atoms with Crippen LogP contribution in [0, 0.1) is 23.7 Å². The number of ether oxygens (including phenoxy) is 2. The van der Waals surface area contributed by atoms with Crippen LogP contribution in [0.25, 0.3) is 0 Å². The first kappa shape index (κ1) is 50.7. The molecule has 0 radical (unpaired) electrons. The van der Waals surface area contributed by atoms with Crippen LogP contribution in [-0.4, -0.2) is 171 Å². The molecular weight excluding hydrogens is 767 g/mol. The Bertz CT molecular complexity index is 1510. The normalized spacial score (nSPS) is 20.2. The number of nitrogens with zero attached hydrogens (tertiary/aromatic N) is 4. The van der Waals surface area contributed by atoms with E-state index in [9.17, 15) is 29.1 Å². The van der Waals surface area contributed by atoms with E-state index < -0.39 is 60.2 Å². The van der Waals surface area contributed by atoms with Crippen LogP contribution < -0.4 is 16.0 Å². The van der Waals surface area contributed by atoms with Gasteiger partial charge in [-0.15, -0.1) is 0 Å². The molecule has 4 N–H and O–H groups in total. The van der Waals surface area contributed by atoms with Crippen LogP contribution in [0.4, 0.5) is 0 Å². The molecule has 2 aliphatic heterocycles. The molecule has 4 amide bonds. The predicted molar refractivity (Wildman–Crippen MR) is 233 cm³/mol. The number of carboxylic acids is 1. The van der Waals surface area contributed by atoms with Gasteiger partial charge in [0.25, 0.3) is 0 Å². The van der Waals surface area contributed by atoms with E-state index in [1.165, 1.54) is 7.11 Å².